The molecule has 0 spiro atoms. The zero-order valence-electron chi connectivity index (χ0n) is 6.76. The van der Waals surface area contributed by atoms with E-state index >= 15 is 0 Å². The SMILES string of the molecule is CNC(Cc1ccsc1)C(F)F. The molecule has 1 N–H and O–H groups in total. The van der Waals surface area contributed by atoms with E-state index in [9.17, 15) is 8.78 Å². The number of hydrogen-bond acceptors (Lipinski definition) is 2. The summed E-state index contributed by atoms with van der Waals surface area (Å²) in [5.41, 5.74) is 0.972. The van der Waals surface area contributed by atoms with E-state index in [1.807, 2.05) is 16.8 Å². The molecule has 68 valence electrons. The van der Waals surface area contributed by atoms with Crippen LogP contribution >= 0.6 is 11.3 Å². The molecule has 4 heteroatoms. The minimum atomic E-state index is -2.30. The molecule has 0 aliphatic carbocycles. The molecule has 0 aromatic carbocycles. The zero-order chi connectivity index (χ0) is 8.97. The molecular formula is C8H11F2NS. The minimum absolute atomic E-state index is 0.400. The Morgan fingerprint density at radius 1 is 1.58 bits per heavy atom. The summed E-state index contributed by atoms with van der Waals surface area (Å²) in [4.78, 5) is 0. The largest absolute Gasteiger partial charge is 0.312 e. The lowest BCUT2D eigenvalue weighted by Gasteiger charge is -2.13. The number of hydrogen-bond donors (Lipinski definition) is 1. The molecule has 0 aliphatic heterocycles. The second kappa shape index (κ2) is 4.52. The van der Waals surface area contributed by atoms with E-state index in [0.717, 1.165) is 5.56 Å². The van der Waals surface area contributed by atoms with Crippen LogP contribution in [0.15, 0.2) is 16.8 Å². The van der Waals surface area contributed by atoms with Gasteiger partial charge in [-0.1, -0.05) is 0 Å². The highest BCUT2D eigenvalue weighted by Gasteiger charge is 2.18. The number of alkyl halides is 2. The van der Waals surface area contributed by atoms with Crippen molar-refractivity contribution in [1.82, 2.24) is 5.32 Å². The first-order valence-electron chi connectivity index (χ1n) is 3.70. The lowest BCUT2D eigenvalue weighted by atomic mass is 10.1. The van der Waals surface area contributed by atoms with E-state index in [-0.39, 0.29) is 0 Å². The van der Waals surface area contributed by atoms with Crippen LogP contribution in [0.25, 0.3) is 0 Å². The molecule has 1 rings (SSSR count). The van der Waals surface area contributed by atoms with Crippen LogP contribution in [0.3, 0.4) is 0 Å². The van der Waals surface area contributed by atoms with Crippen LogP contribution in [-0.4, -0.2) is 19.5 Å². The fraction of sp³-hybridized carbons (Fsp3) is 0.500. The maximum atomic E-state index is 12.2. The number of likely N-dealkylation sites (N-methyl/N-ethyl adjacent to an activating group) is 1. The molecule has 0 radical (unpaired) electrons. The lowest BCUT2D eigenvalue weighted by Crippen LogP contribution is -2.34. The van der Waals surface area contributed by atoms with Gasteiger partial charge in [0.05, 0.1) is 6.04 Å². The number of thiophene rings is 1. The summed E-state index contributed by atoms with van der Waals surface area (Å²) in [6.07, 6.45) is -1.90. The maximum Gasteiger partial charge on any atom is 0.254 e. The first-order chi connectivity index (χ1) is 5.74. The predicted molar refractivity (Wildman–Crippen MR) is 46.9 cm³/mol. The van der Waals surface area contributed by atoms with E-state index in [0.29, 0.717) is 6.42 Å². The van der Waals surface area contributed by atoms with Gasteiger partial charge in [-0.25, -0.2) is 8.78 Å². The highest BCUT2D eigenvalue weighted by molar-refractivity contribution is 7.07. The predicted octanol–water partition coefficient (Wildman–Crippen LogP) is 2.14. The van der Waals surface area contributed by atoms with Crippen molar-refractivity contribution in [2.75, 3.05) is 7.05 Å². The van der Waals surface area contributed by atoms with E-state index in [2.05, 4.69) is 5.32 Å². The van der Waals surface area contributed by atoms with Gasteiger partial charge >= 0.3 is 0 Å². The monoisotopic (exact) mass is 191 g/mol. The third-order valence-electron chi connectivity index (χ3n) is 1.71. The molecule has 1 nitrogen and oxygen atoms in total. The van der Waals surface area contributed by atoms with Crippen molar-refractivity contribution in [2.24, 2.45) is 0 Å². The maximum absolute atomic E-state index is 12.2. The van der Waals surface area contributed by atoms with Gasteiger partial charge in [-0.2, -0.15) is 11.3 Å². The van der Waals surface area contributed by atoms with E-state index < -0.39 is 12.5 Å². The fourth-order valence-electron chi connectivity index (χ4n) is 0.980. The molecule has 1 heterocycles. The number of rotatable bonds is 4. The van der Waals surface area contributed by atoms with Crippen LogP contribution < -0.4 is 5.32 Å². The van der Waals surface area contributed by atoms with Gasteiger partial charge in [0, 0.05) is 0 Å². The van der Waals surface area contributed by atoms with E-state index in [1.54, 1.807) is 7.05 Å². The third-order valence-corrected chi connectivity index (χ3v) is 2.44. The van der Waals surface area contributed by atoms with Gasteiger partial charge in [0.25, 0.3) is 6.43 Å². The summed E-state index contributed by atoms with van der Waals surface area (Å²) in [6, 6.07) is 1.15. The zero-order valence-corrected chi connectivity index (χ0v) is 7.57. The first-order valence-corrected chi connectivity index (χ1v) is 4.65. The Bertz CT molecular complexity index is 211. The van der Waals surface area contributed by atoms with Crippen LogP contribution in [-0.2, 0) is 6.42 Å². The van der Waals surface area contributed by atoms with Crippen molar-refractivity contribution in [3.8, 4) is 0 Å². The Morgan fingerprint density at radius 2 is 2.33 bits per heavy atom. The second-order valence-electron chi connectivity index (χ2n) is 2.57. The third kappa shape index (κ3) is 2.53. The van der Waals surface area contributed by atoms with Crippen molar-refractivity contribution in [2.45, 2.75) is 18.9 Å². The molecule has 0 aliphatic rings. The molecule has 0 bridgehead atoms. The topological polar surface area (TPSA) is 12.0 Å². The van der Waals surface area contributed by atoms with Gasteiger partial charge in [-0.15, -0.1) is 0 Å². The molecule has 1 atom stereocenters. The van der Waals surface area contributed by atoms with Crippen LogP contribution in [0.5, 0.6) is 0 Å². The van der Waals surface area contributed by atoms with Crippen LogP contribution in [0.2, 0.25) is 0 Å². The molecule has 12 heavy (non-hydrogen) atoms. The van der Waals surface area contributed by atoms with Crippen LogP contribution in [0.1, 0.15) is 5.56 Å². The summed E-state index contributed by atoms with van der Waals surface area (Å²) in [6.45, 7) is 0. The van der Waals surface area contributed by atoms with Crippen molar-refractivity contribution in [3.63, 3.8) is 0 Å². The van der Waals surface area contributed by atoms with Crippen molar-refractivity contribution < 1.29 is 8.78 Å². The van der Waals surface area contributed by atoms with Crippen molar-refractivity contribution >= 4 is 11.3 Å². The normalized spacial score (nSPS) is 13.7. The van der Waals surface area contributed by atoms with Gasteiger partial charge < -0.3 is 5.32 Å². The van der Waals surface area contributed by atoms with Crippen molar-refractivity contribution in [1.29, 1.82) is 0 Å². The van der Waals surface area contributed by atoms with Crippen molar-refractivity contribution in [3.05, 3.63) is 22.4 Å². The fourth-order valence-corrected chi connectivity index (χ4v) is 1.66. The Hall–Kier alpha value is -0.480. The number of nitrogens with one attached hydrogen (secondary N) is 1. The molecule has 0 saturated carbocycles. The molecule has 0 fully saturated rings. The molecule has 1 aromatic rings. The van der Waals surface area contributed by atoms with E-state index in [1.165, 1.54) is 11.3 Å². The van der Waals surface area contributed by atoms with Gasteiger partial charge in [0.2, 0.25) is 0 Å². The lowest BCUT2D eigenvalue weighted by molar-refractivity contribution is 0.102. The minimum Gasteiger partial charge on any atom is -0.312 e. The Morgan fingerprint density at radius 3 is 2.75 bits per heavy atom. The molecule has 1 unspecified atom stereocenters. The quantitative estimate of drug-likeness (QED) is 0.769. The van der Waals surface area contributed by atoms with Crippen LogP contribution in [0, 0.1) is 0 Å². The second-order valence-corrected chi connectivity index (χ2v) is 3.35. The first kappa shape index (κ1) is 9.61. The smallest absolute Gasteiger partial charge is 0.254 e. The summed E-state index contributed by atoms with van der Waals surface area (Å²) >= 11 is 1.53. The van der Waals surface area contributed by atoms with E-state index in [4.69, 9.17) is 0 Å². The van der Waals surface area contributed by atoms with Crippen LogP contribution in [0.4, 0.5) is 8.78 Å². The summed E-state index contributed by atoms with van der Waals surface area (Å²) in [5, 5.41) is 6.39. The number of halogens is 2. The van der Waals surface area contributed by atoms with Gasteiger partial charge in [0.15, 0.2) is 0 Å². The Kier molecular flexibility index (Phi) is 3.62. The van der Waals surface area contributed by atoms with Gasteiger partial charge in [-0.05, 0) is 35.9 Å². The average molecular weight is 191 g/mol. The standard InChI is InChI=1S/C8H11F2NS/c1-11-7(8(9)10)4-6-2-3-12-5-6/h2-3,5,7-8,11H,4H2,1H3. The highest BCUT2D eigenvalue weighted by Crippen LogP contribution is 2.12. The molecule has 0 saturated heterocycles. The molecule has 1 aromatic heterocycles. The summed E-state index contributed by atoms with van der Waals surface area (Å²) in [5.74, 6) is 0. The average Bonchev–Trinajstić information content (AvgIpc) is 2.51. The van der Waals surface area contributed by atoms with Gasteiger partial charge in [0.1, 0.15) is 0 Å². The molecule has 0 amide bonds. The highest BCUT2D eigenvalue weighted by atomic mass is 32.1. The van der Waals surface area contributed by atoms with Gasteiger partial charge in [-0.3, -0.25) is 0 Å². The summed E-state index contributed by atoms with van der Waals surface area (Å²) in [7, 11) is 1.56. The Labute approximate surface area is 74.4 Å². The summed E-state index contributed by atoms with van der Waals surface area (Å²) < 4.78 is 24.5. The Balaban J connectivity index is 2.48. The molecular weight excluding hydrogens is 180 g/mol.